The predicted molar refractivity (Wildman–Crippen MR) is 70.5 cm³/mol. The first-order valence-electron chi connectivity index (χ1n) is 6.00. The van der Waals surface area contributed by atoms with Gasteiger partial charge in [0.05, 0.1) is 18.2 Å². The molecule has 1 aromatic carbocycles. The molecule has 2 aromatic rings. The van der Waals surface area contributed by atoms with Crippen molar-refractivity contribution in [1.29, 1.82) is 0 Å². The van der Waals surface area contributed by atoms with Crippen LogP contribution < -0.4 is 5.32 Å². The summed E-state index contributed by atoms with van der Waals surface area (Å²) in [6.07, 6.45) is 4.83. The van der Waals surface area contributed by atoms with E-state index in [9.17, 15) is 9.90 Å². The van der Waals surface area contributed by atoms with E-state index >= 15 is 0 Å². The molecule has 0 aliphatic carbocycles. The van der Waals surface area contributed by atoms with E-state index in [0.717, 1.165) is 5.56 Å². The molecule has 0 aliphatic rings. The van der Waals surface area contributed by atoms with Crippen LogP contribution in [0.5, 0.6) is 0 Å². The van der Waals surface area contributed by atoms with Crippen LogP contribution in [-0.2, 0) is 6.42 Å². The number of aliphatic hydroxyl groups is 1. The van der Waals surface area contributed by atoms with E-state index in [0.29, 0.717) is 12.0 Å². The highest BCUT2D eigenvalue weighted by molar-refractivity contribution is 5.93. The molecule has 0 bridgehead atoms. The molecule has 0 radical (unpaired) electrons. The summed E-state index contributed by atoms with van der Waals surface area (Å²) in [6.45, 7) is -0.117. The van der Waals surface area contributed by atoms with Crippen LogP contribution in [-0.4, -0.2) is 33.6 Å². The third-order valence-corrected chi connectivity index (χ3v) is 2.70. The molecule has 98 valence electrons. The van der Waals surface area contributed by atoms with Gasteiger partial charge in [-0.2, -0.15) is 0 Å². The highest BCUT2D eigenvalue weighted by Gasteiger charge is 2.13. The average Bonchev–Trinajstić information content (AvgIpc) is 2.48. The fourth-order valence-electron chi connectivity index (χ4n) is 1.74. The van der Waals surface area contributed by atoms with Gasteiger partial charge in [0.1, 0.15) is 6.33 Å². The van der Waals surface area contributed by atoms with E-state index in [2.05, 4.69) is 15.3 Å². The van der Waals surface area contributed by atoms with Crippen LogP contribution in [0.2, 0.25) is 0 Å². The first-order chi connectivity index (χ1) is 9.29. The minimum absolute atomic E-state index is 0.117. The molecule has 1 atom stereocenters. The molecular formula is C14H15N3O2. The number of amides is 1. The maximum Gasteiger partial charge on any atom is 0.254 e. The van der Waals surface area contributed by atoms with Gasteiger partial charge in [0.15, 0.2) is 0 Å². The first-order valence-corrected chi connectivity index (χ1v) is 6.00. The van der Waals surface area contributed by atoms with E-state index in [1.54, 1.807) is 0 Å². The number of nitrogens with one attached hydrogen (secondary N) is 1. The standard InChI is InChI=1S/C14H15N3O2/c18-9-13(6-11-4-2-1-3-5-11)17-14(19)12-7-15-10-16-8-12/h1-5,7-8,10,13,18H,6,9H2,(H,17,19)/t13-/m1/s1. The highest BCUT2D eigenvalue weighted by atomic mass is 16.3. The monoisotopic (exact) mass is 257 g/mol. The number of hydrogen-bond donors (Lipinski definition) is 2. The number of rotatable bonds is 5. The summed E-state index contributed by atoms with van der Waals surface area (Å²) in [7, 11) is 0. The molecule has 1 aromatic heterocycles. The Balaban J connectivity index is 1.98. The summed E-state index contributed by atoms with van der Waals surface area (Å²) in [6, 6.07) is 9.38. The molecule has 0 spiro atoms. The van der Waals surface area contributed by atoms with E-state index in [4.69, 9.17) is 0 Å². The van der Waals surface area contributed by atoms with E-state index in [1.807, 2.05) is 30.3 Å². The highest BCUT2D eigenvalue weighted by Crippen LogP contribution is 2.04. The second-order valence-electron chi connectivity index (χ2n) is 4.17. The Kier molecular flexibility index (Phi) is 4.58. The van der Waals surface area contributed by atoms with Crippen LogP contribution in [0.15, 0.2) is 49.1 Å². The minimum Gasteiger partial charge on any atom is -0.394 e. The maximum atomic E-state index is 11.9. The number of aromatic nitrogens is 2. The van der Waals surface area contributed by atoms with Crippen LogP contribution in [0.4, 0.5) is 0 Å². The molecule has 1 heterocycles. The van der Waals surface area contributed by atoms with Gasteiger partial charge in [0.25, 0.3) is 5.91 Å². The van der Waals surface area contributed by atoms with Crippen LogP contribution in [0.25, 0.3) is 0 Å². The van der Waals surface area contributed by atoms with Gasteiger partial charge in [-0.05, 0) is 12.0 Å². The Bertz CT molecular complexity index is 517. The van der Waals surface area contributed by atoms with Gasteiger partial charge < -0.3 is 10.4 Å². The number of benzene rings is 1. The van der Waals surface area contributed by atoms with Gasteiger partial charge in [-0.1, -0.05) is 30.3 Å². The first kappa shape index (κ1) is 13.2. The van der Waals surface area contributed by atoms with Crippen molar-refractivity contribution >= 4 is 5.91 Å². The summed E-state index contributed by atoms with van der Waals surface area (Å²) >= 11 is 0. The van der Waals surface area contributed by atoms with Crippen LogP contribution in [0.3, 0.4) is 0 Å². The van der Waals surface area contributed by atoms with Crippen molar-refractivity contribution in [3.63, 3.8) is 0 Å². The van der Waals surface area contributed by atoms with Crippen molar-refractivity contribution in [2.45, 2.75) is 12.5 Å². The molecular weight excluding hydrogens is 242 g/mol. The molecule has 1 amide bonds. The van der Waals surface area contributed by atoms with Gasteiger partial charge in [-0.3, -0.25) is 4.79 Å². The zero-order chi connectivity index (χ0) is 13.5. The summed E-state index contributed by atoms with van der Waals surface area (Å²) in [5, 5.41) is 12.1. The Hall–Kier alpha value is -2.27. The Labute approximate surface area is 111 Å². The largest absolute Gasteiger partial charge is 0.394 e. The number of nitrogens with zero attached hydrogens (tertiary/aromatic N) is 2. The molecule has 19 heavy (non-hydrogen) atoms. The summed E-state index contributed by atoms with van der Waals surface area (Å²) < 4.78 is 0. The third-order valence-electron chi connectivity index (χ3n) is 2.70. The van der Waals surface area contributed by atoms with E-state index < -0.39 is 0 Å². The Morgan fingerprint density at radius 2 is 1.89 bits per heavy atom. The molecule has 0 fully saturated rings. The Morgan fingerprint density at radius 1 is 1.21 bits per heavy atom. The molecule has 2 N–H and O–H groups in total. The molecule has 0 saturated heterocycles. The van der Waals surface area contributed by atoms with Gasteiger partial charge in [0.2, 0.25) is 0 Å². The molecule has 5 nitrogen and oxygen atoms in total. The maximum absolute atomic E-state index is 11.9. The van der Waals surface area contributed by atoms with Crippen LogP contribution >= 0.6 is 0 Å². The smallest absolute Gasteiger partial charge is 0.254 e. The lowest BCUT2D eigenvalue weighted by molar-refractivity contribution is 0.0915. The molecule has 2 rings (SSSR count). The van der Waals surface area contributed by atoms with Crippen molar-refractivity contribution in [1.82, 2.24) is 15.3 Å². The van der Waals surface area contributed by atoms with Gasteiger partial charge in [0, 0.05) is 12.4 Å². The Morgan fingerprint density at radius 3 is 2.53 bits per heavy atom. The summed E-state index contributed by atoms with van der Waals surface area (Å²) in [4.78, 5) is 19.5. The number of carbonyl (C=O) groups excluding carboxylic acids is 1. The minimum atomic E-state index is -0.324. The molecule has 0 unspecified atom stereocenters. The number of hydrogen-bond acceptors (Lipinski definition) is 4. The second-order valence-corrected chi connectivity index (χ2v) is 4.17. The fraction of sp³-hybridized carbons (Fsp3) is 0.214. The van der Waals surface area contributed by atoms with Crippen LogP contribution in [0, 0.1) is 0 Å². The predicted octanol–water partition coefficient (Wildman–Crippen LogP) is 0.810. The average molecular weight is 257 g/mol. The SMILES string of the molecule is O=C(N[C@@H](CO)Cc1ccccc1)c1cncnc1. The van der Waals surface area contributed by atoms with E-state index in [-0.39, 0.29) is 18.6 Å². The van der Waals surface area contributed by atoms with Gasteiger partial charge in [-0.25, -0.2) is 9.97 Å². The third kappa shape index (κ3) is 3.86. The topological polar surface area (TPSA) is 75.1 Å². The van der Waals surface area contributed by atoms with Crippen molar-refractivity contribution in [2.24, 2.45) is 0 Å². The van der Waals surface area contributed by atoms with Gasteiger partial charge >= 0.3 is 0 Å². The lowest BCUT2D eigenvalue weighted by atomic mass is 10.1. The van der Waals surface area contributed by atoms with Crippen molar-refractivity contribution in [2.75, 3.05) is 6.61 Å². The van der Waals surface area contributed by atoms with Crippen LogP contribution in [0.1, 0.15) is 15.9 Å². The van der Waals surface area contributed by atoms with E-state index in [1.165, 1.54) is 18.7 Å². The van der Waals surface area contributed by atoms with Crippen molar-refractivity contribution < 1.29 is 9.90 Å². The van der Waals surface area contributed by atoms with Crippen molar-refractivity contribution in [3.8, 4) is 0 Å². The number of aliphatic hydroxyl groups excluding tert-OH is 1. The fourth-order valence-corrected chi connectivity index (χ4v) is 1.74. The quantitative estimate of drug-likeness (QED) is 0.831. The summed E-state index contributed by atoms with van der Waals surface area (Å²) in [5.74, 6) is -0.282. The summed E-state index contributed by atoms with van der Waals surface area (Å²) in [5.41, 5.74) is 1.44. The van der Waals surface area contributed by atoms with Gasteiger partial charge in [-0.15, -0.1) is 0 Å². The second kappa shape index (κ2) is 6.61. The lowest BCUT2D eigenvalue weighted by Gasteiger charge is -2.16. The normalized spacial score (nSPS) is 11.8. The van der Waals surface area contributed by atoms with Crippen molar-refractivity contribution in [3.05, 3.63) is 60.2 Å². The lowest BCUT2D eigenvalue weighted by Crippen LogP contribution is -2.39. The molecule has 0 saturated carbocycles. The zero-order valence-electron chi connectivity index (χ0n) is 10.4. The zero-order valence-corrected chi connectivity index (χ0v) is 10.4. The molecule has 5 heteroatoms. The molecule has 0 aliphatic heterocycles. The number of carbonyl (C=O) groups is 1.